The number of aryl methyl sites for hydroxylation is 1. The molecule has 2 aromatic carbocycles. The van der Waals surface area contributed by atoms with Crippen molar-refractivity contribution in [3.63, 3.8) is 0 Å². The summed E-state index contributed by atoms with van der Waals surface area (Å²) in [4.78, 5) is 24.2. The molecule has 0 aliphatic carbocycles. The summed E-state index contributed by atoms with van der Waals surface area (Å²) in [6.07, 6.45) is 0.187. The monoisotopic (exact) mass is 377 g/mol. The molecule has 1 aromatic heterocycles. The number of rotatable bonds is 8. The Bertz CT molecular complexity index is 966. The summed E-state index contributed by atoms with van der Waals surface area (Å²) in [5.41, 5.74) is 2.35. The van der Waals surface area contributed by atoms with Crippen molar-refractivity contribution in [2.75, 3.05) is 6.61 Å². The van der Waals surface area contributed by atoms with Gasteiger partial charge in [0, 0.05) is 24.6 Å². The Labute approximate surface area is 163 Å². The van der Waals surface area contributed by atoms with Gasteiger partial charge >= 0.3 is 0 Å². The van der Waals surface area contributed by atoms with Crippen LogP contribution < -0.4 is 15.6 Å². The van der Waals surface area contributed by atoms with Gasteiger partial charge in [0.1, 0.15) is 5.75 Å². The first-order chi connectivity index (χ1) is 13.7. The van der Waals surface area contributed by atoms with E-state index in [2.05, 4.69) is 10.4 Å². The van der Waals surface area contributed by atoms with Crippen molar-refractivity contribution in [3.8, 4) is 17.0 Å². The predicted molar refractivity (Wildman–Crippen MR) is 108 cm³/mol. The Hall–Kier alpha value is -3.41. The first-order valence-electron chi connectivity index (χ1n) is 9.27. The first-order valence-corrected chi connectivity index (χ1v) is 9.27. The van der Waals surface area contributed by atoms with Crippen LogP contribution in [0.4, 0.5) is 0 Å². The van der Waals surface area contributed by atoms with Gasteiger partial charge in [-0.15, -0.1) is 0 Å². The molecule has 0 bridgehead atoms. The second kappa shape index (κ2) is 9.50. The van der Waals surface area contributed by atoms with Crippen LogP contribution in [0.2, 0.25) is 0 Å². The average Bonchev–Trinajstić information content (AvgIpc) is 2.73. The fourth-order valence-corrected chi connectivity index (χ4v) is 2.74. The summed E-state index contributed by atoms with van der Waals surface area (Å²) in [6, 6.07) is 20.4. The maximum absolute atomic E-state index is 12.1. The topological polar surface area (TPSA) is 73.2 Å². The van der Waals surface area contributed by atoms with Gasteiger partial charge in [-0.2, -0.15) is 5.10 Å². The Morgan fingerprint density at radius 1 is 1.04 bits per heavy atom. The highest BCUT2D eigenvalue weighted by atomic mass is 16.5. The van der Waals surface area contributed by atoms with Crippen LogP contribution in [-0.4, -0.2) is 22.3 Å². The lowest BCUT2D eigenvalue weighted by atomic mass is 10.1. The van der Waals surface area contributed by atoms with Crippen LogP contribution in [0, 0.1) is 0 Å². The highest BCUT2D eigenvalue weighted by molar-refractivity contribution is 5.75. The normalized spacial score (nSPS) is 10.5. The van der Waals surface area contributed by atoms with Gasteiger partial charge in [-0.1, -0.05) is 30.3 Å². The van der Waals surface area contributed by atoms with E-state index in [-0.39, 0.29) is 24.4 Å². The third-order valence-corrected chi connectivity index (χ3v) is 4.21. The zero-order chi connectivity index (χ0) is 19.8. The minimum Gasteiger partial charge on any atom is -0.494 e. The molecule has 6 nitrogen and oxygen atoms in total. The lowest BCUT2D eigenvalue weighted by molar-refractivity contribution is -0.121. The number of amides is 1. The number of ether oxygens (including phenoxy) is 1. The molecule has 0 atom stereocenters. The van der Waals surface area contributed by atoms with Gasteiger partial charge in [0.25, 0.3) is 5.56 Å². The highest BCUT2D eigenvalue weighted by Gasteiger charge is 2.07. The lowest BCUT2D eigenvalue weighted by Gasteiger charge is -2.09. The Kier molecular flexibility index (Phi) is 6.57. The Morgan fingerprint density at radius 2 is 1.79 bits per heavy atom. The van der Waals surface area contributed by atoms with Crippen LogP contribution in [0.15, 0.2) is 71.5 Å². The van der Waals surface area contributed by atoms with E-state index < -0.39 is 0 Å². The molecular formula is C22H23N3O3. The van der Waals surface area contributed by atoms with Gasteiger partial charge in [-0.05, 0) is 42.8 Å². The molecule has 28 heavy (non-hydrogen) atoms. The lowest BCUT2D eigenvalue weighted by Crippen LogP contribution is -2.28. The van der Waals surface area contributed by atoms with Gasteiger partial charge in [0.05, 0.1) is 18.8 Å². The first kappa shape index (κ1) is 19.4. The Balaban J connectivity index is 1.61. The summed E-state index contributed by atoms with van der Waals surface area (Å²) in [7, 11) is 0. The van der Waals surface area contributed by atoms with Crippen molar-refractivity contribution in [2.45, 2.75) is 26.4 Å². The summed E-state index contributed by atoms with van der Waals surface area (Å²) in [5, 5.41) is 7.25. The van der Waals surface area contributed by atoms with Gasteiger partial charge in [-0.3, -0.25) is 9.59 Å². The summed E-state index contributed by atoms with van der Waals surface area (Å²) in [6.45, 7) is 3.23. The molecule has 0 aliphatic heterocycles. The molecular weight excluding hydrogens is 354 g/mol. The summed E-state index contributed by atoms with van der Waals surface area (Å²) in [5.74, 6) is 0.665. The van der Waals surface area contributed by atoms with E-state index >= 15 is 0 Å². The molecule has 0 radical (unpaired) electrons. The second-order valence-corrected chi connectivity index (χ2v) is 6.25. The van der Waals surface area contributed by atoms with E-state index in [1.807, 2.05) is 61.5 Å². The molecule has 3 aromatic rings. The maximum Gasteiger partial charge on any atom is 0.266 e. The summed E-state index contributed by atoms with van der Waals surface area (Å²) < 4.78 is 6.77. The number of carbonyl (C=O) groups excluding carboxylic acids is 1. The third kappa shape index (κ3) is 5.30. The van der Waals surface area contributed by atoms with E-state index in [9.17, 15) is 9.59 Å². The predicted octanol–water partition coefficient (Wildman–Crippen LogP) is 3.02. The molecule has 3 rings (SSSR count). The number of aromatic nitrogens is 2. The molecule has 0 unspecified atom stereocenters. The van der Waals surface area contributed by atoms with Crippen LogP contribution in [0.25, 0.3) is 11.3 Å². The molecule has 0 fully saturated rings. The van der Waals surface area contributed by atoms with Gasteiger partial charge in [0.15, 0.2) is 0 Å². The molecule has 144 valence electrons. The molecule has 0 spiro atoms. The van der Waals surface area contributed by atoms with Crippen LogP contribution >= 0.6 is 0 Å². The van der Waals surface area contributed by atoms with Crippen LogP contribution in [-0.2, 0) is 17.9 Å². The minimum absolute atomic E-state index is 0.121. The number of nitrogens with zero attached hydrogens (tertiary/aromatic N) is 2. The van der Waals surface area contributed by atoms with Crippen molar-refractivity contribution >= 4 is 5.91 Å². The van der Waals surface area contributed by atoms with Gasteiger partial charge in [0.2, 0.25) is 5.91 Å². The van der Waals surface area contributed by atoms with E-state index in [0.29, 0.717) is 18.8 Å². The van der Waals surface area contributed by atoms with Crippen LogP contribution in [0.5, 0.6) is 5.75 Å². The molecule has 0 aliphatic rings. The fraction of sp³-hybridized carbons (Fsp3) is 0.227. The maximum atomic E-state index is 12.1. The van der Waals surface area contributed by atoms with Crippen molar-refractivity contribution in [1.82, 2.24) is 15.1 Å². The zero-order valence-corrected chi connectivity index (χ0v) is 15.8. The number of hydrogen-bond donors (Lipinski definition) is 1. The molecule has 1 N–H and O–H groups in total. The second-order valence-electron chi connectivity index (χ2n) is 6.25. The molecule has 6 heteroatoms. The standard InChI is InChI=1S/C22H23N3O3/c1-2-28-19-10-8-18(9-11-19)20-12-13-22(27)25(24-20)15-14-21(26)23-16-17-6-4-3-5-7-17/h3-13H,2,14-16H2,1H3,(H,23,26). The summed E-state index contributed by atoms with van der Waals surface area (Å²) >= 11 is 0. The van der Waals surface area contributed by atoms with Gasteiger partial charge < -0.3 is 10.1 Å². The van der Waals surface area contributed by atoms with Crippen LogP contribution in [0.3, 0.4) is 0 Å². The van der Waals surface area contributed by atoms with Crippen molar-refractivity contribution in [3.05, 3.63) is 82.6 Å². The largest absolute Gasteiger partial charge is 0.494 e. The molecule has 0 saturated heterocycles. The van der Waals surface area contributed by atoms with Gasteiger partial charge in [-0.25, -0.2) is 4.68 Å². The van der Waals surface area contributed by atoms with Crippen molar-refractivity contribution in [1.29, 1.82) is 0 Å². The minimum atomic E-state index is -0.231. The molecule has 1 amide bonds. The number of benzene rings is 2. The third-order valence-electron chi connectivity index (χ3n) is 4.21. The highest BCUT2D eigenvalue weighted by Crippen LogP contribution is 2.19. The number of hydrogen-bond acceptors (Lipinski definition) is 4. The van der Waals surface area contributed by atoms with Crippen molar-refractivity contribution in [2.24, 2.45) is 0 Å². The van der Waals surface area contributed by atoms with Crippen molar-refractivity contribution < 1.29 is 9.53 Å². The number of nitrogens with one attached hydrogen (secondary N) is 1. The molecule has 1 heterocycles. The smallest absolute Gasteiger partial charge is 0.266 e. The average molecular weight is 377 g/mol. The molecule has 0 saturated carbocycles. The van der Waals surface area contributed by atoms with E-state index in [4.69, 9.17) is 4.74 Å². The SMILES string of the molecule is CCOc1ccc(-c2ccc(=O)n(CCC(=O)NCc3ccccc3)n2)cc1. The van der Waals surface area contributed by atoms with E-state index in [0.717, 1.165) is 16.9 Å². The Morgan fingerprint density at radius 3 is 2.50 bits per heavy atom. The van der Waals surface area contributed by atoms with E-state index in [1.165, 1.54) is 10.7 Å². The quantitative estimate of drug-likeness (QED) is 0.655. The fourth-order valence-electron chi connectivity index (χ4n) is 2.74. The number of carbonyl (C=O) groups is 1. The zero-order valence-electron chi connectivity index (χ0n) is 15.8. The van der Waals surface area contributed by atoms with E-state index in [1.54, 1.807) is 6.07 Å². The van der Waals surface area contributed by atoms with Crippen LogP contribution in [0.1, 0.15) is 18.9 Å².